The van der Waals surface area contributed by atoms with Crippen LogP contribution in [-0.4, -0.2) is 52.4 Å². The van der Waals surface area contributed by atoms with E-state index in [2.05, 4.69) is 49.9 Å². The number of benzene rings is 2. The summed E-state index contributed by atoms with van der Waals surface area (Å²) >= 11 is 0. The molecule has 1 aliphatic heterocycles. The summed E-state index contributed by atoms with van der Waals surface area (Å²) in [5.74, 6) is 0.622. The van der Waals surface area contributed by atoms with Crippen LogP contribution in [0.1, 0.15) is 18.4 Å². The number of hydrogen-bond acceptors (Lipinski definition) is 6. The second-order valence-corrected chi connectivity index (χ2v) is 7.22. The smallest absolute Gasteiger partial charge is 0.220 e. The highest BCUT2D eigenvalue weighted by molar-refractivity contribution is 5.75. The molecule has 0 atom stereocenters. The lowest BCUT2D eigenvalue weighted by Gasteiger charge is -2.28. The van der Waals surface area contributed by atoms with Crippen molar-refractivity contribution in [2.75, 3.05) is 31.2 Å². The molecule has 1 fully saturated rings. The second kappa shape index (κ2) is 9.98. The van der Waals surface area contributed by atoms with E-state index in [0.717, 1.165) is 37.4 Å². The van der Waals surface area contributed by atoms with Crippen LogP contribution in [0.5, 0.6) is 0 Å². The summed E-state index contributed by atoms with van der Waals surface area (Å²) in [6.45, 7) is 4.47. The average Bonchev–Trinajstić information content (AvgIpc) is 3.28. The first-order valence-corrected chi connectivity index (χ1v) is 10.3. The van der Waals surface area contributed by atoms with E-state index >= 15 is 0 Å². The molecule has 3 aromatic rings. The molecule has 8 heteroatoms. The van der Waals surface area contributed by atoms with Gasteiger partial charge in [0.2, 0.25) is 11.7 Å². The van der Waals surface area contributed by atoms with Gasteiger partial charge in [-0.2, -0.15) is 4.80 Å². The topological polar surface area (TPSA) is 85.2 Å². The third-order valence-electron chi connectivity index (χ3n) is 5.05. The molecule has 30 heavy (non-hydrogen) atoms. The zero-order valence-corrected chi connectivity index (χ0v) is 16.9. The van der Waals surface area contributed by atoms with E-state index in [-0.39, 0.29) is 5.91 Å². The van der Waals surface area contributed by atoms with Crippen molar-refractivity contribution >= 4 is 11.6 Å². The average molecular weight is 406 g/mol. The Morgan fingerprint density at radius 1 is 1.03 bits per heavy atom. The molecule has 0 saturated carbocycles. The molecular formula is C22H26N6O2. The van der Waals surface area contributed by atoms with Gasteiger partial charge in [-0.05, 0) is 29.3 Å². The predicted octanol–water partition coefficient (Wildman–Crippen LogP) is 2.27. The van der Waals surface area contributed by atoms with Gasteiger partial charge in [0.25, 0.3) is 0 Å². The fraction of sp³-hybridized carbons (Fsp3) is 0.364. The second-order valence-electron chi connectivity index (χ2n) is 7.22. The van der Waals surface area contributed by atoms with Crippen molar-refractivity contribution in [1.29, 1.82) is 0 Å². The van der Waals surface area contributed by atoms with Crippen molar-refractivity contribution in [3.05, 3.63) is 60.2 Å². The molecule has 1 saturated heterocycles. The Balaban J connectivity index is 1.18. The number of anilines is 1. The molecule has 0 bridgehead atoms. The van der Waals surface area contributed by atoms with Crippen molar-refractivity contribution in [2.45, 2.75) is 25.9 Å². The molecule has 0 unspecified atom stereocenters. The third-order valence-corrected chi connectivity index (χ3v) is 5.05. The van der Waals surface area contributed by atoms with Crippen LogP contribution in [0, 0.1) is 0 Å². The SMILES string of the molecule is O=C(CCCn1nnc(-c2ccccc2)n1)NCc1ccc(N2CCOCC2)cc1. The molecule has 2 aromatic carbocycles. The standard InChI is InChI=1S/C22H26N6O2/c29-21(7-4-12-28-25-22(24-26-28)19-5-2-1-3-6-19)23-17-18-8-10-20(11-9-18)27-13-15-30-16-14-27/h1-3,5-6,8-11H,4,7,12-17H2,(H,23,29). The third kappa shape index (κ3) is 5.42. The quantitative estimate of drug-likeness (QED) is 0.618. The number of carbonyl (C=O) groups is 1. The van der Waals surface area contributed by atoms with E-state index in [1.807, 2.05) is 30.3 Å². The van der Waals surface area contributed by atoms with Crippen molar-refractivity contribution in [3.63, 3.8) is 0 Å². The van der Waals surface area contributed by atoms with Gasteiger partial charge < -0.3 is 15.0 Å². The van der Waals surface area contributed by atoms with Crippen LogP contribution in [0.15, 0.2) is 54.6 Å². The minimum atomic E-state index is 0.0238. The molecule has 1 aromatic heterocycles. The number of nitrogens with zero attached hydrogens (tertiary/aromatic N) is 5. The van der Waals surface area contributed by atoms with Gasteiger partial charge in [-0.1, -0.05) is 42.5 Å². The molecule has 2 heterocycles. The number of ether oxygens (including phenoxy) is 1. The number of nitrogens with one attached hydrogen (secondary N) is 1. The number of carbonyl (C=O) groups excluding carboxylic acids is 1. The lowest BCUT2D eigenvalue weighted by molar-refractivity contribution is -0.121. The lowest BCUT2D eigenvalue weighted by atomic mass is 10.2. The Morgan fingerprint density at radius 2 is 1.80 bits per heavy atom. The minimum absolute atomic E-state index is 0.0238. The van der Waals surface area contributed by atoms with Gasteiger partial charge in [-0.3, -0.25) is 4.79 Å². The highest BCUT2D eigenvalue weighted by Crippen LogP contribution is 2.16. The van der Waals surface area contributed by atoms with E-state index in [4.69, 9.17) is 4.74 Å². The van der Waals surface area contributed by atoms with Crippen molar-refractivity contribution in [1.82, 2.24) is 25.5 Å². The first kappa shape index (κ1) is 20.0. The molecule has 1 N–H and O–H groups in total. The van der Waals surface area contributed by atoms with Crippen molar-refractivity contribution in [3.8, 4) is 11.4 Å². The Hall–Kier alpha value is -3.26. The number of amides is 1. The molecule has 156 valence electrons. The van der Waals surface area contributed by atoms with Crippen LogP contribution in [0.3, 0.4) is 0 Å². The van der Waals surface area contributed by atoms with Crippen LogP contribution in [-0.2, 0) is 22.6 Å². The van der Waals surface area contributed by atoms with Crippen LogP contribution >= 0.6 is 0 Å². The fourth-order valence-electron chi connectivity index (χ4n) is 3.36. The molecule has 0 aliphatic carbocycles. The predicted molar refractivity (Wildman–Crippen MR) is 114 cm³/mol. The fourth-order valence-corrected chi connectivity index (χ4v) is 3.36. The zero-order chi connectivity index (χ0) is 20.6. The number of tetrazole rings is 1. The first-order valence-electron chi connectivity index (χ1n) is 10.3. The van der Waals surface area contributed by atoms with Gasteiger partial charge in [-0.15, -0.1) is 10.2 Å². The van der Waals surface area contributed by atoms with E-state index in [9.17, 15) is 4.79 Å². The Morgan fingerprint density at radius 3 is 2.57 bits per heavy atom. The molecule has 4 rings (SSSR count). The maximum absolute atomic E-state index is 12.1. The largest absolute Gasteiger partial charge is 0.378 e. The van der Waals surface area contributed by atoms with E-state index in [0.29, 0.717) is 31.8 Å². The number of aromatic nitrogens is 4. The summed E-state index contributed by atoms with van der Waals surface area (Å²) in [7, 11) is 0. The Labute approximate surface area is 175 Å². The normalized spacial score (nSPS) is 13.9. The Bertz CT molecular complexity index is 936. The summed E-state index contributed by atoms with van der Waals surface area (Å²) in [5.41, 5.74) is 3.22. The van der Waals surface area contributed by atoms with Gasteiger partial charge in [0.05, 0.1) is 19.8 Å². The van der Waals surface area contributed by atoms with Crippen LogP contribution in [0.2, 0.25) is 0 Å². The summed E-state index contributed by atoms with van der Waals surface area (Å²) in [5, 5.41) is 15.5. The maximum atomic E-state index is 12.1. The van der Waals surface area contributed by atoms with E-state index in [1.54, 1.807) is 4.80 Å². The molecule has 1 aliphatic rings. The monoisotopic (exact) mass is 406 g/mol. The van der Waals surface area contributed by atoms with Gasteiger partial charge >= 0.3 is 0 Å². The number of morpholine rings is 1. The summed E-state index contributed by atoms with van der Waals surface area (Å²) in [6.07, 6.45) is 1.08. The number of rotatable bonds is 8. The highest BCUT2D eigenvalue weighted by atomic mass is 16.5. The maximum Gasteiger partial charge on any atom is 0.220 e. The molecule has 8 nitrogen and oxygen atoms in total. The highest BCUT2D eigenvalue weighted by Gasteiger charge is 2.11. The number of hydrogen-bond donors (Lipinski definition) is 1. The molecule has 1 amide bonds. The van der Waals surface area contributed by atoms with Crippen LogP contribution < -0.4 is 10.2 Å². The van der Waals surface area contributed by atoms with Crippen molar-refractivity contribution in [2.24, 2.45) is 0 Å². The van der Waals surface area contributed by atoms with Crippen molar-refractivity contribution < 1.29 is 9.53 Å². The number of aryl methyl sites for hydroxylation is 1. The van der Waals surface area contributed by atoms with Gasteiger partial charge in [-0.25, -0.2) is 0 Å². The summed E-state index contributed by atoms with van der Waals surface area (Å²) < 4.78 is 5.39. The summed E-state index contributed by atoms with van der Waals surface area (Å²) in [6, 6.07) is 18.1. The molecular weight excluding hydrogens is 380 g/mol. The summed E-state index contributed by atoms with van der Waals surface area (Å²) in [4.78, 5) is 16.0. The van der Waals surface area contributed by atoms with E-state index in [1.165, 1.54) is 5.69 Å². The minimum Gasteiger partial charge on any atom is -0.378 e. The van der Waals surface area contributed by atoms with E-state index < -0.39 is 0 Å². The Kier molecular flexibility index (Phi) is 6.66. The van der Waals surface area contributed by atoms with Crippen LogP contribution in [0.4, 0.5) is 5.69 Å². The zero-order valence-electron chi connectivity index (χ0n) is 16.9. The van der Waals surface area contributed by atoms with Gasteiger partial charge in [0.1, 0.15) is 0 Å². The molecule has 0 radical (unpaired) electrons. The van der Waals surface area contributed by atoms with Gasteiger partial charge in [0, 0.05) is 37.3 Å². The lowest BCUT2D eigenvalue weighted by Crippen LogP contribution is -2.36. The molecule has 0 spiro atoms. The first-order chi connectivity index (χ1) is 14.8. The van der Waals surface area contributed by atoms with Crippen LogP contribution in [0.25, 0.3) is 11.4 Å². The van der Waals surface area contributed by atoms with Gasteiger partial charge in [0.15, 0.2) is 0 Å².